The van der Waals surface area contributed by atoms with Gasteiger partial charge in [-0.05, 0) is 0 Å². The first-order valence-corrected chi connectivity index (χ1v) is 13.0. The van der Waals surface area contributed by atoms with Gasteiger partial charge in [-0.3, -0.25) is 0 Å². The van der Waals surface area contributed by atoms with E-state index in [4.69, 9.17) is 0 Å². The lowest BCUT2D eigenvalue weighted by Crippen LogP contribution is -1.80. The highest BCUT2D eigenvalue weighted by molar-refractivity contribution is 4.53. The standard InChI is InChI=1S/2C13H26/c2*1-2-4-6-8-10-12-13-11-9-7-5-3-1/h2*1-13H2. The van der Waals surface area contributed by atoms with E-state index >= 15 is 0 Å². The average Bonchev–Trinajstić information content (AvgIpc) is 2.71. The Labute approximate surface area is 167 Å². The third-order valence-corrected chi connectivity index (χ3v) is 6.50. The highest BCUT2D eigenvalue weighted by Gasteiger charge is 1.97. The minimum absolute atomic E-state index is 1.50. The Hall–Kier alpha value is 0. The van der Waals surface area contributed by atoms with Crippen molar-refractivity contribution in [3.05, 3.63) is 0 Å². The SMILES string of the molecule is C1CCCCCCCCCCCC1.C1CCCCCCCCCCCC1. The molecular formula is C26H52. The van der Waals surface area contributed by atoms with Gasteiger partial charge in [-0.1, -0.05) is 167 Å². The molecule has 0 aromatic rings. The summed E-state index contributed by atoms with van der Waals surface area (Å²) >= 11 is 0. The van der Waals surface area contributed by atoms with Crippen LogP contribution in [-0.4, -0.2) is 0 Å². The molecule has 0 heterocycles. The molecule has 0 spiro atoms. The van der Waals surface area contributed by atoms with E-state index in [1.165, 1.54) is 167 Å². The minimum atomic E-state index is 1.50. The summed E-state index contributed by atoms with van der Waals surface area (Å²) in [6.45, 7) is 0. The van der Waals surface area contributed by atoms with Crippen LogP contribution in [0.25, 0.3) is 0 Å². The molecule has 0 atom stereocenters. The summed E-state index contributed by atoms with van der Waals surface area (Å²) < 4.78 is 0. The van der Waals surface area contributed by atoms with E-state index in [1.807, 2.05) is 0 Å². The van der Waals surface area contributed by atoms with E-state index in [-0.39, 0.29) is 0 Å². The molecule has 0 radical (unpaired) electrons. The Bertz CT molecular complexity index is 122. The van der Waals surface area contributed by atoms with Crippen LogP contribution in [0.15, 0.2) is 0 Å². The second-order valence-corrected chi connectivity index (χ2v) is 9.19. The lowest BCUT2D eigenvalue weighted by atomic mass is 10.1. The quantitative estimate of drug-likeness (QED) is 0.401. The van der Waals surface area contributed by atoms with Crippen LogP contribution in [-0.2, 0) is 0 Å². The molecule has 2 rings (SSSR count). The number of hydrogen-bond acceptors (Lipinski definition) is 0. The maximum atomic E-state index is 1.50. The average molecular weight is 365 g/mol. The van der Waals surface area contributed by atoms with Crippen molar-refractivity contribution in [2.24, 2.45) is 0 Å². The number of rotatable bonds is 0. The first-order valence-electron chi connectivity index (χ1n) is 13.0. The van der Waals surface area contributed by atoms with E-state index in [1.54, 1.807) is 0 Å². The van der Waals surface area contributed by atoms with Gasteiger partial charge in [-0.25, -0.2) is 0 Å². The van der Waals surface area contributed by atoms with Crippen molar-refractivity contribution >= 4 is 0 Å². The second kappa shape index (κ2) is 21.3. The zero-order valence-electron chi connectivity index (χ0n) is 18.4. The lowest BCUT2D eigenvalue weighted by molar-refractivity contribution is 0.562. The second-order valence-electron chi connectivity index (χ2n) is 9.19. The van der Waals surface area contributed by atoms with Crippen molar-refractivity contribution in [1.29, 1.82) is 0 Å². The molecule has 2 saturated carbocycles. The molecular weight excluding hydrogens is 312 g/mol. The topological polar surface area (TPSA) is 0 Å². The van der Waals surface area contributed by atoms with Gasteiger partial charge < -0.3 is 0 Å². The summed E-state index contributed by atoms with van der Waals surface area (Å²) in [4.78, 5) is 0. The molecule has 0 saturated heterocycles. The molecule has 0 unspecified atom stereocenters. The van der Waals surface area contributed by atoms with Gasteiger partial charge in [0.25, 0.3) is 0 Å². The van der Waals surface area contributed by atoms with Gasteiger partial charge in [0.2, 0.25) is 0 Å². The molecule has 2 aliphatic rings. The van der Waals surface area contributed by atoms with E-state index in [9.17, 15) is 0 Å². The monoisotopic (exact) mass is 364 g/mol. The highest BCUT2D eigenvalue weighted by Crippen LogP contribution is 2.17. The summed E-state index contributed by atoms with van der Waals surface area (Å²) in [7, 11) is 0. The summed E-state index contributed by atoms with van der Waals surface area (Å²) in [6.07, 6.45) is 39.0. The molecule has 2 fully saturated rings. The van der Waals surface area contributed by atoms with Gasteiger partial charge >= 0.3 is 0 Å². The fourth-order valence-corrected chi connectivity index (χ4v) is 4.60. The zero-order chi connectivity index (χ0) is 18.4. The fourth-order valence-electron chi connectivity index (χ4n) is 4.60. The lowest BCUT2D eigenvalue weighted by Gasteiger charge is -1.99. The highest BCUT2D eigenvalue weighted by atomic mass is 14.0. The Morgan fingerprint density at radius 1 is 0.0769 bits per heavy atom. The third-order valence-electron chi connectivity index (χ3n) is 6.50. The summed E-state index contributed by atoms with van der Waals surface area (Å²) in [5.74, 6) is 0. The fraction of sp³-hybridized carbons (Fsp3) is 1.00. The molecule has 0 amide bonds. The van der Waals surface area contributed by atoms with Crippen molar-refractivity contribution in [2.45, 2.75) is 167 Å². The molecule has 0 aromatic heterocycles. The van der Waals surface area contributed by atoms with Gasteiger partial charge in [-0.2, -0.15) is 0 Å². The van der Waals surface area contributed by atoms with Crippen LogP contribution in [0.3, 0.4) is 0 Å². The van der Waals surface area contributed by atoms with E-state index in [0.717, 1.165) is 0 Å². The van der Waals surface area contributed by atoms with Gasteiger partial charge in [-0.15, -0.1) is 0 Å². The van der Waals surface area contributed by atoms with Gasteiger partial charge in [0.1, 0.15) is 0 Å². The Balaban J connectivity index is 0.000000260. The van der Waals surface area contributed by atoms with E-state index < -0.39 is 0 Å². The van der Waals surface area contributed by atoms with Gasteiger partial charge in [0, 0.05) is 0 Å². The van der Waals surface area contributed by atoms with Crippen molar-refractivity contribution < 1.29 is 0 Å². The van der Waals surface area contributed by atoms with Gasteiger partial charge in [0.15, 0.2) is 0 Å². The Morgan fingerprint density at radius 3 is 0.154 bits per heavy atom. The van der Waals surface area contributed by atoms with Crippen LogP contribution in [0, 0.1) is 0 Å². The molecule has 0 nitrogen and oxygen atoms in total. The van der Waals surface area contributed by atoms with E-state index in [2.05, 4.69) is 0 Å². The maximum absolute atomic E-state index is 1.50. The van der Waals surface area contributed by atoms with Crippen LogP contribution in [0.5, 0.6) is 0 Å². The molecule has 26 heavy (non-hydrogen) atoms. The number of hydrogen-bond donors (Lipinski definition) is 0. The van der Waals surface area contributed by atoms with Crippen molar-refractivity contribution in [1.82, 2.24) is 0 Å². The molecule has 0 aromatic carbocycles. The normalized spacial score (nSPS) is 24.0. The van der Waals surface area contributed by atoms with Crippen molar-refractivity contribution in [3.63, 3.8) is 0 Å². The molecule has 0 N–H and O–H groups in total. The molecule has 0 heteroatoms. The Kier molecular flexibility index (Phi) is 19.7. The van der Waals surface area contributed by atoms with Crippen LogP contribution < -0.4 is 0 Å². The maximum Gasteiger partial charge on any atom is -0.0533 e. The largest absolute Gasteiger partial charge is 0.0533 e. The Morgan fingerprint density at radius 2 is 0.115 bits per heavy atom. The summed E-state index contributed by atoms with van der Waals surface area (Å²) in [6, 6.07) is 0. The minimum Gasteiger partial charge on any atom is -0.0533 e. The molecule has 2 aliphatic carbocycles. The third kappa shape index (κ3) is 18.8. The van der Waals surface area contributed by atoms with Crippen LogP contribution in [0.1, 0.15) is 167 Å². The van der Waals surface area contributed by atoms with E-state index in [0.29, 0.717) is 0 Å². The molecule has 0 aliphatic heterocycles. The van der Waals surface area contributed by atoms with Crippen LogP contribution >= 0.6 is 0 Å². The smallest absolute Gasteiger partial charge is 0.0533 e. The first-order chi connectivity index (χ1) is 13.0. The first kappa shape index (κ1) is 24.0. The van der Waals surface area contributed by atoms with Crippen molar-refractivity contribution in [2.75, 3.05) is 0 Å². The van der Waals surface area contributed by atoms with Crippen LogP contribution in [0.2, 0.25) is 0 Å². The molecule has 156 valence electrons. The summed E-state index contributed by atoms with van der Waals surface area (Å²) in [5.41, 5.74) is 0. The predicted octanol–water partition coefficient (Wildman–Crippen LogP) is 10.1. The summed E-state index contributed by atoms with van der Waals surface area (Å²) in [5, 5.41) is 0. The molecule has 0 bridgehead atoms. The van der Waals surface area contributed by atoms with Crippen molar-refractivity contribution in [3.8, 4) is 0 Å². The van der Waals surface area contributed by atoms with Gasteiger partial charge in [0.05, 0.1) is 0 Å². The van der Waals surface area contributed by atoms with Crippen LogP contribution in [0.4, 0.5) is 0 Å². The zero-order valence-corrected chi connectivity index (χ0v) is 18.4. The predicted molar refractivity (Wildman–Crippen MR) is 120 cm³/mol.